The lowest BCUT2D eigenvalue weighted by atomic mass is 10.0. The van der Waals surface area contributed by atoms with Gasteiger partial charge in [0.25, 0.3) is 0 Å². The van der Waals surface area contributed by atoms with Crippen LogP contribution in [0.15, 0.2) is 138 Å². The van der Waals surface area contributed by atoms with Crippen molar-refractivity contribution in [1.82, 2.24) is 19.9 Å². The van der Waals surface area contributed by atoms with Gasteiger partial charge in [-0.3, -0.25) is 0 Å². The van der Waals surface area contributed by atoms with Gasteiger partial charge in [-0.15, -0.1) is 22.7 Å². The smallest absolute Gasteiger partial charge is 0.227 e. The van der Waals surface area contributed by atoms with Gasteiger partial charge in [0.2, 0.25) is 5.89 Å². The fourth-order valence-electron chi connectivity index (χ4n) is 6.35. The minimum atomic E-state index is 0.621. The molecule has 4 aromatic heterocycles. The Balaban J connectivity index is 1.16. The fraction of sp³-hybridized carbons (Fsp3) is 0. The second-order valence-corrected chi connectivity index (χ2v) is 13.6. The SMILES string of the molecule is c1ccc(-c2nc(-c3ccc4sc5ccccc5c4c3)nc(-c3cccc4sc5cc(-c6nc7ccccc7o6)ccc5c34)n2)cc1. The molecular formula is C40H22N4OS2. The van der Waals surface area contributed by atoms with Gasteiger partial charge < -0.3 is 4.42 Å². The third-order valence-electron chi connectivity index (χ3n) is 8.58. The van der Waals surface area contributed by atoms with Crippen molar-refractivity contribution in [1.29, 1.82) is 0 Å². The van der Waals surface area contributed by atoms with Crippen LogP contribution in [0.1, 0.15) is 0 Å². The van der Waals surface area contributed by atoms with Gasteiger partial charge in [-0.2, -0.15) is 0 Å². The topological polar surface area (TPSA) is 64.7 Å². The number of oxazole rings is 1. The minimum absolute atomic E-state index is 0.621. The highest BCUT2D eigenvalue weighted by Gasteiger charge is 2.18. The Kier molecular flexibility index (Phi) is 5.85. The summed E-state index contributed by atoms with van der Waals surface area (Å²) in [5, 5.41) is 4.74. The van der Waals surface area contributed by atoms with E-state index in [4.69, 9.17) is 24.4 Å². The van der Waals surface area contributed by atoms with E-state index < -0.39 is 0 Å². The van der Waals surface area contributed by atoms with Crippen molar-refractivity contribution in [2.75, 3.05) is 0 Å². The number of hydrogen-bond acceptors (Lipinski definition) is 7. The van der Waals surface area contributed by atoms with Crippen molar-refractivity contribution in [3.05, 3.63) is 133 Å². The molecular weight excluding hydrogens is 617 g/mol. The monoisotopic (exact) mass is 638 g/mol. The first kappa shape index (κ1) is 26.5. The van der Waals surface area contributed by atoms with Gasteiger partial charge in [0, 0.05) is 62.6 Å². The van der Waals surface area contributed by atoms with E-state index in [0.29, 0.717) is 23.4 Å². The van der Waals surface area contributed by atoms with Crippen LogP contribution in [-0.2, 0) is 0 Å². The lowest BCUT2D eigenvalue weighted by Gasteiger charge is -2.10. The Morgan fingerprint density at radius 2 is 1.15 bits per heavy atom. The number of thiophene rings is 2. The lowest BCUT2D eigenvalue weighted by molar-refractivity contribution is 0.620. The molecule has 10 aromatic rings. The molecule has 7 heteroatoms. The van der Waals surface area contributed by atoms with Gasteiger partial charge >= 0.3 is 0 Å². The van der Waals surface area contributed by atoms with Crippen molar-refractivity contribution in [3.63, 3.8) is 0 Å². The first-order valence-electron chi connectivity index (χ1n) is 15.3. The van der Waals surface area contributed by atoms with E-state index in [-0.39, 0.29) is 0 Å². The second-order valence-electron chi connectivity index (χ2n) is 11.5. The molecule has 0 fully saturated rings. The van der Waals surface area contributed by atoms with E-state index in [1.54, 1.807) is 11.3 Å². The summed E-state index contributed by atoms with van der Waals surface area (Å²) in [6, 6.07) is 45.9. The van der Waals surface area contributed by atoms with Crippen LogP contribution >= 0.6 is 22.7 Å². The molecule has 0 saturated heterocycles. The first-order valence-corrected chi connectivity index (χ1v) is 16.9. The molecule has 0 amide bonds. The van der Waals surface area contributed by atoms with E-state index in [1.165, 1.54) is 24.9 Å². The van der Waals surface area contributed by atoms with Crippen molar-refractivity contribution in [3.8, 4) is 45.6 Å². The molecule has 0 saturated carbocycles. The summed E-state index contributed by atoms with van der Waals surface area (Å²) in [5.74, 6) is 2.57. The highest BCUT2D eigenvalue weighted by atomic mass is 32.1. The number of hydrogen-bond donors (Lipinski definition) is 0. The molecule has 0 aliphatic carbocycles. The van der Waals surface area contributed by atoms with Gasteiger partial charge in [-0.25, -0.2) is 19.9 Å². The Hall–Kier alpha value is -5.76. The van der Waals surface area contributed by atoms with Crippen molar-refractivity contribution < 1.29 is 4.42 Å². The van der Waals surface area contributed by atoms with E-state index in [2.05, 4.69) is 78.9 Å². The number of para-hydroxylation sites is 2. The predicted molar refractivity (Wildman–Crippen MR) is 195 cm³/mol. The van der Waals surface area contributed by atoms with Crippen LogP contribution in [0.5, 0.6) is 0 Å². The van der Waals surface area contributed by atoms with Gasteiger partial charge in [-0.1, -0.05) is 78.9 Å². The number of nitrogens with zero attached hydrogens (tertiary/aromatic N) is 4. The van der Waals surface area contributed by atoms with Crippen molar-refractivity contribution >= 4 is 74.1 Å². The average molecular weight is 639 g/mol. The van der Waals surface area contributed by atoms with Crippen LogP contribution in [0.4, 0.5) is 0 Å². The zero-order valence-corrected chi connectivity index (χ0v) is 26.3. The lowest BCUT2D eigenvalue weighted by Crippen LogP contribution is -2.00. The molecule has 220 valence electrons. The molecule has 0 bridgehead atoms. The van der Waals surface area contributed by atoms with Gasteiger partial charge in [-0.05, 0) is 54.6 Å². The van der Waals surface area contributed by atoms with Crippen LogP contribution < -0.4 is 0 Å². The summed E-state index contributed by atoms with van der Waals surface area (Å²) in [6.45, 7) is 0. The highest BCUT2D eigenvalue weighted by molar-refractivity contribution is 7.26. The Morgan fingerprint density at radius 1 is 0.426 bits per heavy atom. The summed E-state index contributed by atoms with van der Waals surface area (Å²) in [7, 11) is 0. The van der Waals surface area contributed by atoms with Crippen molar-refractivity contribution in [2.24, 2.45) is 0 Å². The largest absolute Gasteiger partial charge is 0.436 e. The van der Waals surface area contributed by atoms with Gasteiger partial charge in [0.1, 0.15) is 5.52 Å². The molecule has 0 spiro atoms. The molecule has 47 heavy (non-hydrogen) atoms. The number of benzene rings is 6. The Labute approximate surface area is 276 Å². The number of aromatic nitrogens is 4. The third kappa shape index (κ3) is 4.35. The summed E-state index contributed by atoms with van der Waals surface area (Å²) < 4.78 is 10.9. The Morgan fingerprint density at radius 3 is 2.06 bits per heavy atom. The molecule has 0 aliphatic heterocycles. The number of rotatable bonds is 4. The van der Waals surface area contributed by atoms with E-state index >= 15 is 0 Å². The molecule has 0 atom stereocenters. The molecule has 6 aromatic carbocycles. The maximum absolute atomic E-state index is 6.09. The van der Waals surface area contributed by atoms with Crippen LogP contribution in [0, 0.1) is 0 Å². The molecule has 10 rings (SSSR count). The van der Waals surface area contributed by atoms with Crippen LogP contribution in [0.25, 0.3) is 97.1 Å². The van der Waals surface area contributed by atoms with Crippen LogP contribution in [0.3, 0.4) is 0 Å². The molecule has 0 unspecified atom stereocenters. The maximum atomic E-state index is 6.09. The molecule has 0 N–H and O–H groups in total. The quantitative estimate of drug-likeness (QED) is 0.192. The molecule has 0 radical (unpaired) electrons. The summed E-state index contributed by atoms with van der Waals surface area (Å²) in [4.78, 5) is 20.0. The summed E-state index contributed by atoms with van der Waals surface area (Å²) in [6.07, 6.45) is 0. The zero-order valence-electron chi connectivity index (χ0n) is 24.7. The summed E-state index contributed by atoms with van der Waals surface area (Å²) >= 11 is 3.56. The van der Waals surface area contributed by atoms with Crippen molar-refractivity contribution in [2.45, 2.75) is 0 Å². The second kappa shape index (κ2) is 10.4. The molecule has 5 nitrogen and oxygen atoms in total. The van der Waals surface area contributed by atoms with Gasteiger partial charge in [0.15, 0.2) is 23.1 Å². The molecule has 4 heterocycles. The van der Waals surface area contributed by atoms with Crippen LogP contribution in [-0.4, -0.2) is 19.9 Å². The number of fused-ring (bicyclic) bond motifs is 7. The van der Waals surface area contributed by atoms with E-state index in [0.717, 1.165) is 48.8 Å². The normalized spacial score (nSPS) is 11.8. The predicted octanol–water partition coefficient (Wildman–Crippen LogP) is 11.4. The highest BCUT2D eigenvalue weighted by Crippen LogP contribution is 2.42. The molecule has 0 aliphatic rings. The van der Waals surface area contributed by atoms with E-state index in [1.807, 2.05) is 65.9 Å². The minimum Gasteiger partial charge on any atom is -0.436 e. The maximum Gasteiger partial charge on any atom is 0.227 e. The third-order valence-corrected chi connectivity index (χ3v) is 10.9. The zero-order chi connectivity index (χ0) is 30.9. The summed E-state index contributed by atoms with van der Waals surface area (Å²) in [5.41, 5.74) is 5.48. The van der Waals surface area contributed by atoms with Crippen LogP contribution in [0.2, 0.25) is 0 Å². The standard InChI is InChI=1S/C40H22N4OS2/c1-2-9-23(10-3-1)37-42-38(24-18-20-33-29(21-24)26-11-4-7-15-32(26)46-33)44-39(43-37)28-12-8-16-34-36(28)27-19-17-25(22-35(27)47-34)40-41-30-13-5-6-14-31(30)45-40/h1-22H. The van der Waals surface area contributed by atoms with E-state index in [9.17, 15) is 0 Å². The fourth-order valence-corrected chi connectivity index (χ4v) is 8.61. The average Bonchev–Trinajstić information content (AvgIpc) is 3.84. The van der Waals surface area contributed by atoms with Gasteiger partial charge in [0.05, 0.1) is 0 Å². The first-order chi connectivity index (χ1) is 23.2. The Bertz CT molecular complexity index is 2780.